The summed E-state index contributed by atoms with van der Waals surface area (Å²) in [6.45, 7) is 14.0. The van der Waals surface area contributed by atoms with Gasteiger partial charge in [-0.3, -0.25) is 19.2 Å². The van der Waals surface area contributed by atoms with E-state index in [-0.39, 0.29) is 55.3 Å². The number of hydrogen-bond donors (Lipinski definition) is 2. The fraction of sp³-hybridized carbons (Fsp3) is 0.622. The molecule has 1 aromatic rings. The normalized spacial score (nSPS) is 26.9. The first-order chi connectivity index (χ1) is 23.4. The number of methoxy groups -OCH3 is 1. The maximum Gasteiger partial charge on any atom is 0.313 e. The molecule has 8 atom stereocenters. The number of likely N-dealkylation sites (tertiary alicyclic amines) is 1. The molecular weight excluding hydrogens is 694 g/mol. The molecule has 12 heteroatoms. The van der Waals surface area contributed by atoms with Crippen molar-refractivity contribution in [3.05, 3.63) is 61.2 Å². The Hall–Kier alpha value is -3.06. The van der Waals surface area contributed by atoms with Crippen LogP contribution in [0.1, 0.15) is 71.0 Å². The number of aliphatic hydroxyl groups is 1. The van der Waals surface area contributed by atoms with E-state index in [0.717, 1.165) is 0 Å². The quantitative estimate of drug-likeness (QED) is 0.0994. The second-order valence-corrected chi connectivity index (χ2v) is 15.3. The maximum atomic E-state index is 14.6. The molecule has 49 heavy (non-hydrogen) atoms. The van der Waals surface area contributed by atoms with Crippen LogP contribution < -0.4 is 5.32 Å². The van der Waals surface area contributed by atoms with Gasteiger partial charge in [0.05, 0.1) is 30.6 Å². The third-order valence-corrected chi connectivity index (χ3v) is 10.6. The topological polar surface area (TPSA) is 135 Å². The van der Waals surface area contributed by atoms with Crippen molar-refractivity contribution in [2.45, 2.75) is 99.6 Å². The lowest BCUT2D eigenvalue weighted by Gasteiger charge is -2.42. The molecule has 0 aromatic heterocycles. The SMILES string of the molecule is C=CCCC(=O)N[C@@H](COC)[C@@H](OC(=O)[C@@H]1[C@H]2O[C@@]3(CC2Br)[C@H](C(=O)N(CC=C)C(C)(C)C)N(CCCCCO)C(=O)[C@@H]13)c1ccccc1. The fourth-order valence-electron chi connectivity index (χ4n) is 7.59. The molecule has 2 N–H and O–H groups in total. The van der Waals surface area contributed by atoms with Crippen LogP contribution in [0, 0.1) is 11.8 Å². The van der Waals surface area contributed by atoms with E-state index in [1.807, 2.05) is 51.1 Å². The third-order valence-electron chi connectivity index (χ3n) is 9.74. The summed E-state index contributed by atoms with van der Waals surface area (Å²) in [5, 5.41) is 12.3. The second-order valence-electron chi connectivity index (χ2n) is 14.1. The molecule has 270 valence electrons. The maximum absolute atomic E-state index is 14.6. The van der Waals surface area contributed by atoms with Crippen molar-refractivity contribution in [3.63, 3.8) is 0 Å². The number of fused-ring (bicyclic) bond motifs is 1. The summed E-state index contributed by atoms with van der Waals surface area (Å²) >= 11 is 3.74. The van der Waals surface area contributed by atoms with E-state index < -0.39 is 53.2 Å². The number of carbonyl (C=O) groups is 4. The average Bonchev–Trinajstić information content (AvgIpc) is 3.65. The Labute approximate surface area is 298 Å². The van der Waals surface area contributed by atoms with Gasteiger partial charge in [-0.15, -0.1) is 13.2 Å². The molecule has 3 heterocycles. The van der Waals surface area contributed by atoms with Crippen molar-refractivity contribution in [1.82, 2.24) is 15.1 Å². The number of nitrogens with one attached hydrogen (secondary N) is 1. The predicted octanol–water partition coefficient (Wildman–Crippen LogP) is 4.09. The Balaban J connectivity index is 1.72. The van der Waals surface area contributed by atoms with Crippen LogP contribution in [-0.2, 0) is 33.4 Å². The Bertz CT molecular complexity index is 1350. The molecule has 0 aliphatic carbocycles. The molecular formula is C37H52BrN3O8. The number of amides is 3. The van der Waals surface area contributed by atoms with Crippen LogP contribution in [0.2, 0.25) is 0 Å². The van der Waals surface area contributed by atoms with Crippen LogP contribution in [-0.4, -0.2) is 106 Å². The van der Waals surface area contributed by atoms with Gasteiger partial charge in [-0.1, -0.05) is 58.4 Å². The van der Waals surface area contributed by atoms with E-state index in [4.69, 9.17) is 14.2 Å². The van der Waals surface area contributed by atoms with Gasteiger partial charge in [-0.25, -0.2) is 0 Å². The smallest absolute Gasteiger partial charge is 0.313 e. The second kappa shape index (κ2) is 16.8. The van der Waals surface area contributed by atoms with Gasteiger partial charge < -0.3 is 34.4 Å². The first kappa shape index (κ1) is 38.7. The van der Waals surface area contributed by atoms with Crippen molar-refractivity contribution in [3.8, 4) is 0 Å². The molecule has 3 fully saturated rings. The summed E-state index contributed by atoms with van der Waals surface area (Å²) in [5.41, 5.74) is -1.19. The van der Waals surface area contributed by atoms with Crippen LogP contribution in [0.15, 0.2) is 55.6 Å². The fourth-order valence-corrected chi connectivity index (χ4v) is 8.53. The van der Waals surface area contributed by atoms with Crippen molar-refractivity contribution >= 4 is 39.6 Å². The number of ether oxygens (including phenoxy) is 3. The van der Waals surface area contributed by atoms with Crippen molar-refractivity contribution in [1.29, 1.82) is 0 Å². The van der Waals surface area contributed by atoms with Crippen LogP contribution in [0.3, 0.4) is 0 Å². The van der Waals surface area contributed by atoms with Crippen LogP contribution >= 0.6 is 15.9 Å². The largest absolute Gasteiger partial charge is 0.455 e. The van der Waals surface area contributed by atoms with E-state index >= 15 is 0 Å². The number of nitrogens with zero attached hydrogens (tertiary/aromatic N) is 2. The predicted molar refractivity (Wildman–Crippen MR) is 189 cm³/mol. The van der Waals surface area contributed by atoms with Gasteiger partial charge in [-0.05, 0) is 58.4 Å². The highest BCUT2D eigenvalue weighted by Crippen LogP contribution is 2.60. The highest BCUT2D eigenvalue weighted by molar-refractivity contribution is 9.09. The van der Waals surface area contributed by atoms with Gasteiger partial charge in [0.15, 0.2) is 0 Å². The highest BCUT2D eigenvalue weighted by atomic mass is 79.9. The molecule has 3 amide bonds. The van der Waals surface area contributed by atoms with Crippen LogP contribution in [0.25, 0.3) is 0 Å². The van der Waals surface area contributed by atoms with E-state index in [0.29, 0.717) is 37.7 Å². The number of rotatable bonds is 18. The number of halogens is 1. The Kier molecular flexibility index (Phi) is 13.3. The monoisotopic (exact) mass is 745 g/mol. The molecule has 2 bridgehead atoms. The molecule has 11 nitrogen and oxygen atoms in total. The number of alkyl halides is 1. The van der Waals surface area contributed by atoms with E-state index in [1.165, 1.54) is 7.11 Å². The standard InChI is InChI=1S/C37H52BrN3O8/c1-7-9-18-27(43)39-26(23-47-6)30(24-16-12-10-13-17-24)48-35(46)28-29-33(44)40(20-14-11-15-21-42)32(37(29)22-25(38)31(28)49-37)34(45)41(19-8-2)36(3,4)5/h7-8,10,12-13,16-17,25-26,28-32,42H,1-2,9,11,14-15,18-23H2,3-6H3,(H,39,43)/t25?,26-,28-,29+,30-,31-,32-,37+/m0/s1. The molecule has 4 rings (SSSR count). The number of unbranched alkanes of at least 4 members (excludes halogenated alkanes) is 2. The van der Waals surface area contributed by atoms with Gasteiger partial charge >= 0.3 is 5.97 Å². The minimum atomic E-state index is -1.26. The van der Waals surface area contributed by atoms with E-state index in [2.05, 4.69) is 34.4 Å². The molecule has 1 unspecified atom stereocenters. The molecule has 1 aromatic carbocycles. The van der Waals surface area contributed by atoms with Crippen LogP contribution in [0.4, 0.5) is 0 Å². The number of allylic oxidation sites excluding steroid dienone is 1. The minimum Gasteiger partial charge on any atom is -0.455 e. The first-order valence-corrected chi connectivity index (χ1v) is 18.1. The lowest BCUT2D eigenvalue weighted by atomic mass is 9.70. The number of carbonyl (C=O) groups excluding carboxylic acids is 4. The zero-order chi connectivity index (χ0) is 35.9. The average molecular weight is 747 g/mol. The third kappa shape index (κ3) is 8.13. The molecule has 0 radical (unpaired) electrons. The summed E-state index contributed by atoms with van der Waals surface area (Å²) in [5.74, 6) is -3.41. The first-order valence-electron chi connectivity index (χ1n) is 17.2. The van der Waals surface area contributed by atoms with Gasteiger partial charge in [0, 0.05) is 43.6 Å². The van der Waals surface area contributed by atoms with Crippen molar-refractivity contribution in [2.24, 2.45) is 11.8 Å². The number of aliphatic hydroxyl groups excluding tert-OH is 1. The zero-order valence-corrected chi connectivity index (χ0v) is 30.7. The molecule has 3 aliphatic rings. The summed E-state index contributed by atoms with van der Waals surface area (Å²) in [6, 6.07) is 7.42. The molecule has 3 aliphatic heterocycles. The molecule has 1 spiro atoms. The van der Waals surface area contributed by atoms with Gasteiger partial charge in [0.25, 0.3) is 0 Å². The number of benzene rings is 1. The van der Waals surface area contributed by atoms with Gasteiger partial charge in [0.2, 0.25) is 17.7 Å². The van der Waals surface area contributed by atoms with Crippen LogP contribution in [0.5, 0.6) is 0 Å². The van der Waals surface area contributed by atoms with Gasteiger partial charge in [-0.2, -0.15) is 0 Å². The molecule has 0 saturated carbocycles. The minimum absolute atomic E-state index is 0.0331. The van der Waals surface area contributed by atoms with E-state index in [1.54, 1.807) is 22.0 Å². The van der Waals surface area contributed by atoms with Gasteiger partial charge in [0.1, 0.15) is 17.7 Å². The Morgan fingerprint density at radius 3 is 2.51 bits per heavy atom. The molecule has 3 saturated heterocycles. The summed E-state index contributed by atoms with van der Waals surface area (Å²) in [7, 11) is 1.51. The van der Waals surface area contributed by atoms with Crippen molar-refractivity contribution in [2.75, 3.05) is 33.4 Å². The Morgan fingerprint density at radius 2 is 1.90 bits per heavy atom. The summed E-state index contributed by atoms with van der Waals surface area (Å²) < 4.78 is 18.5. The zero-order valence-electron chi connectivity index (χ0n) is 29.1. The summed E-state index contributed by atoms with van der Waals surface area (Å²) in [6.07, 6.45) is 4.55. The number of esters is 1. The number of hydrogen-bond acceptors (Lipinski definition) is 8. The lowest BCUT2D eigenvalue weighted by Crippen LogP contribution is -2.60. The van der Waals surface area contributed by atoms with Crippen molar-refractivity contribution < 1.29 is 38.5 Å². The lowest BCUT2D eigenvalue weighted by molar-refractivity contribution is -0.163. The van der Waals surface area contributed by atoms with E-state index in [9.17, 15) is 24.3 Å². The Morgan fingerprint density at radius 1 is 1.18 bits per heavy atom. The summed E-state index contributed by atoms with van der Waals surface area (Å²) in [4.78, 5) is 59.5. The highest BCUT2D eigenvalue weighted by Gasteiger charge is 2.77.